The van der Waals surface area contributed by atoms with E-state index in [0.29, 0.717) is 6.01 Å². The van der Waals surface area contributed by atoms with Crippen LogP contribution in [-0.4, -0.2) is 53.2 Å². The highest BCUT2D eigenvalue weighted by Crippen LogP contribution is 2.26. The molecule has 6 heteroatoms. The maximum Gasteiger partial charge on any atom is 0.357 e. The van der Waals surface area contributed by atoms with Crippen LogP contribution in [0.15, 0.2) is 10.7 Å². The molecule has 0 radical (unpaired) electrons. The second-order valence-electron chi connectivity index (χ2n) is 6.92. The van der Waals surface area contributed by atoms with Crippen LogP contribution in [0.2, 0.25) is 0 Å². The quantitative estimate of drug-likeness (QED) is 0.899. The highest BCUT2D eigenvalue weighted by molar-refractivity contribution is 5.85. The molecule has 2 saturated heterocycles. The predicted molar refractivity (Wildman–Crippen MR) is 87.9 cm³/mol. The van der Waals surface area contributed by atoms with E-state index in [2.05, 4.69) is 21.7 Å². The van der Waals surface area contributed by atoms with Gasteiger partial charge in [-0.2, -0.15) is 4.98 Å². The van der Waals surface area contributed by atoms with Crippen molar-refractivity contribution in [1.29, 1.82) is 0 Å². The topological polar surface area (TPSA) is 69.8 Å². The Morgan fingerprint density at radius 3 is 2.74 bits per heavy atom. The minimum atomic E-state index is -1.04. The Hall–Kier alpha value is -1.56. The molecule has 3 heterocycles. The second kappa shape index (κ2) is 7.34. The minimum absolute atomic E-state index is 0.0128. The van der Waals surface area contributed by atoms with Crippen LogP contribution in [-0.2, 0) is 0 Å². The molecule has 0 aromatic carbocycles. The Labute approximate surface area is 137 Å². The van der Waals surface area contributed by atoms with E-state index in [9.17, 15) is 4.79 Å². The number of hydrogen-bond donors (Lipinski definition) is 1. The monoisotopic (exact) mass is 321 g/mol. The van der Waals surface area contributed by atoms with Crippen LogP contribution >= 0.6 is 0 Å². The van der Waals surface area contributed by atoms with Gasteiger partial charge in [0.05, 0.1) is 0 Å². The Morgan fingerprint density at radius 1 is 1.30 bits per heavy atom. The van der Waals surface area contributed by atoms with Gasteiger partial charge >= 0.3 is 5.97 Å². The molecule has 1 aromatic rings. The van der Waals surface area contributed by atoms with E-state index < -0.39 is 5.97 Å². The third-order valence-corrected chi connectivity index (χ3v) is 5.36. The number of carboxylic acids is 1. The molecule has 6 nitrogen and oxygen atoms in total. The van der Waals surface area contributed by atoms with Crippen molar-refractivity contribution in [3.63, 3.8) is 0 Å². The number of hydrogen-bond acceptors (Lipinski definition) is 5. The van der Waals surface area contributed by atoms with Crippen LogP contribution < -0.4 is 4.90 Å². The van der Waals surface area contributed by atoms with Gasteiger partial charge in [0.25, 0.3) is 6.01 Å². The van der Waals surface area contributed by atoms with Crippen LogP contribution in [0.4, 0.5) is 6.01 Å². The maximum atomic E-state index is 10.9. The second-order valence-corrected chi connectivity index (χ2v) is 6.92. The summed E-state index contributed by atoms with van der Waals surface area (Å²) in [5.41, 5.74) is -0.0128. The molecule has 3 rings (SSSR count). The van der Waals surface area contributed by atoms with Crippen LogP contribution in [0.25, 0.3) is 0 Å². The highest BCUT2D eigenvalue weighted by Gasteiger charge is 2.25. The summed E-state index contributed by atoms with van der Waals surface area (Å²) in [6.45, 7) is 6.63. The van der Waals surface area contributed by atoms with Crippen molar-refractivity contribution >= 4 is 12.0 Å². The average molecular weight is 321 g/mol. The van der Waals surface area contributed by atoms with Crippen molar-refractivity contribution in [2.75, 3.05) is 31.1 Å². The number of nitrogens with zero attached hydrogens (tertiary/aromatic N) is 3. The Kier molecular flexibility index (Phi) is 5.20. The van der Waals surface area contributed by atoms with E-state index in [1.807, 2.05) is 0 Å². The van der Waals surface area contributed by atoms with Crippen molar-refractivity contribution < 1.29 is 14.3 Å². The molecular formula is C17H27N3O3. The summed E-state index contributed by atoms with van der Waals surface area (Å²) in [4.78, 5) is 19.6. The standard InChI is InChI=1S/C17H27N3O3/c1-13-4-2-3-8-19(13)9-5-14-6-10-20(11-7-14)17-18-15(12-23-17)16(21)22/h12-14H,2-11H2,1H3,(H,21,22). The van der Waals surface area contributed by atoms with E-state index >= 15 is 0 Å². The van der Waals surface area contributed by atoms with Gasteiger partial charge in [-0.15, -0.1) is 0 Å². The first-order valence-electron chi connectivity index (χ1n) is 8.81. The van der Waals surface area contributed by atoms with Crippen LogP contribution in [0.1, 0.15) is 55.9 Å². The first kappa shape index (κ1) is 16.3. The molecule has 1 unspecified atom stereocenters. The van der Waals surface area contributed by atoms with Gasteiger partial charge in [-0.05, 0) is 58.0 Å². The summed E-state index contributed by atoms with van der Waals surface area (Å²) in [6.07, 6.45) is 8.82. The van der Waals surface area contributed by atoms with Crippen molar-refractivity contribution in [2.45, 2.75) is 51.5 Å². The minimum Gasteiger partial charge on any atom is -0.476 e. The Morgan fingerprint density at radius 2 is 2.09 bits per heavy atom. The zero-order valence-electron chi connectivity index (χ0n) is 13.9. The summed E-state index contributed by atoms with van der Waals surface area (Å²) in [6, 6.07) is 1.19. The van der Waals surface area contributed by atoms with Crippen LogP contribution in [0.3, 0.4) is 0 Å². The van der Waals surface area contributed by atoms with Gasteiger partial charge in [0.2, 0.25) is 0 Å². The lowest BCUT2D eigenvalue weighted by Crippen LogP contribution is -2.40. The van der Waals surface area contributed by atoms with E-state index in [-0.39, 0.29) is 5.69 Å². The predicted octanol–water partition coefficient (Wildman–Crippen LogP) is 2.85. The number of oxazole rings is 1. The molecule has 1 aromatic heterocycles. The summed E-state index contributed by atoms with van der Waals surface area (Å²) >= 11 is 0. The van der Waals surface area contributed by atoms with Crippen molar-refractivity contribution in [3.05, 3.63) is 12.0 Å². The molecule has 0 bridgehead atoms. The van der Waals surface area contributed by atoms with E-state index in [1.165, 1.54) is 45.0 Å². The smallest absolute Gasteiger partial charge is 0.357 e. The highest BCUT2D eigenvalue weighted by atomic mass is 16.4. The fourth-order valence-corrected chi connectivity index (χ4v) is 3.76. The number of rotatable bonds is 5. The molecule has 0 saturated carbocycles. The summed E-state index contributed by atoms with van der Waals surface area (Å²) in [7, 11) is 0. The average Bonchev–Trinajstić information content (AvgIpc) is 3.05. The summed E-state index contributed by atoms with van der Waals surface area (Å²) < 4.78 is 5.30. The molecular weight excluding hydrogens is 294 g/mol. The van der Waals surface area contributed by atoms with E-state index in [1.54, 1.807) is 0 Å². The largest absolute Gasteiger partial charge is 0.476 e. The van der Waals surface area contributed by atoms with Gasteiger partial charge in [-0.25, -0.2) is 4.79 Å². The van der Waals surface area contributed by atoms with Crippen LogP contribution in [0, 0.1) is 5.92 Å². The Balaban J connectivity index is 1.43. The number of aromatic carboxylic acids is 1. The van der Waals surface area contributed by atoms with Gasteiger partial charge in [0, 0.05) is 19.1 Å². The molecule has 2 aliphatic heterocycles. The number of anilines is 1. The molecule has 0 spiro atoms. The Bertz CT molecular complexity index is 523. The van der Waals surface area contributed by atoms with Gasteiger partial charge < -0.3 is 19.3 Å². The van der Waals surface area contributed by atoms with Gasteiger partial charge in [0.15, 0.2) is 5.69 Å². The van der Waals surface area contributed by atoms with Crippen molar-refractivity contribution in [2.24, 2.45) is 5.92 Å². The fourth-order valence-electron chi connectivity index (χ4n) is 3.76. The number of likely N-dealkylation sites (tertiary alicyclic amines) is 1. The number of piperidine rings is 2. The molecule has 2 fully saturated rings. The fraction of sp³-hybridized carbons (Fsp3) is 0.765. The molecule has 1 atom stereocenters. The SMILES string of the molecule is CC1CCCCN1CCC1CCN(c2nc(C(=O)O)co2)CC1. The zero-order valence-corrected chi connectivity index (χ0v) is 13.9. The molecule has 0 amide bonds. The lowest BCUT2D eigenvalue weighted by Gasteiger charge is -2.36. The number of carbonyl (C=O) groups is 1. The lowest BCUT2D eigenvalue weighted by molar-refractivity contribution is 0.0690. The third kappa shape index (κ3) is 4.05. The van der Waals surface area contributed by atoms with Crippen molar-refractivity contribution in [1.82, 2.24) is 9.88 Å². The summed E-state index contributed by atoms with van der Waals surface area (Å²) in [5.74, 6) is -0.278. The molecule has 0 aliphatic carbocycles. The van der Waals surface area contributed by atoms with Crippen molar-refractivity contribution in [3.8, 4) is 0 Å². The first-order chi connectivity index (χ1) is 11.1. The molecule has 23 heavy (non-hydrogen) atoms. The molecule has 128 valence electrons. The van der Waals surface area contributed by atoms with Gasteiger partial charge in [-0.3, -0.25) is 0 Å². The van der Waals surface area contributed by atoms with E-state index in [4.69, 9.17) is 9.52 Å². The number of aromatic nitrogens is 1. The van der Waals surface area contributed by atoms with Gasteiger partial charge in [0.1, 0.15) is 6.26 Å². The molecule has 1 N–H and O–H groups in total. The van der Waals surface area contributed by atoms with E-state index in [0.717, 1.165) is 37.9 Å². The maximum absolute atomic E-state index is 10.9. The summed E-state index contributed by atoms with van der Waals surface area (Å²) in [5, 5.41) is 8.91. The zero-order chi connectivity index (χ0) is 16.2. The normalized spacial score (nSPS) is 24.0. The van der Waals surface area contributed by atoms with Crippen LogP contribution in [0.5, 0.6) is 0 Å². The lowest BCUT2D eigenvalue weighted by atomic mass is 9.92. The molecule has 2 aliphatic rings. The number of carboxylic acid groups (broad SMARTS) is 1. The first-order valence-corrected chi connectivity index (χ1v) is 8.81. The van der Waals surface area contributed by atoms with Gasteiger partial charge in [-0.1, -0.05) is 6.42 Å². The third-order valence-electron chi connectivity index (χ3n) is 5.36.